The van der Waals surface area contributed by atoms with Crippen LogP contribution >= 0.6 is 0 Å². The van der Waals surface area contributed by atoms with Crippen molar-refractivity contribution >= 4 is 21.8 Å². The van der Waals surface area contributed by atoms with E-state index >= 15 is 0 Å². The number of aryl methyl sites for hydroxylation is 1. The molecule has 3 atom stereocenters. The van der Waals surface area contributed by atoms with E-state index in [4.69, 9.17) is 0 Å². The second kappa shape index (κ2) is 10.3. The van der Waals surface area contributed by atoms with Crippen LogP contribution in [0, 0.1) is 17.8 Å². The van der Waals surface area contributed by atoms with Gasteiger partial charge in [0, 0.05) is 31.0 Å². The van der Waals surface area contributed by atoms with Crippen LogP contribution in [0.15, 0.2) is 41.6 Å². The summed E-state index contributed by atoms with van der Waals surface area (Å²) in [5.41, 5.74) is 0.999. The molecular weight excluding hydrogens is 464 g/mol. The quantitative estimate of drug-likeness (QED) is 0.529. The van der Waals surface area contributed by atoms with Crippen molar-refractivity contribution in [3.05, 3.63) is 42.2 Å². The lowest BCUT2D eigenvalue weighted by atomic mass is 9.71. The van der Waals surface area contributed by atoms with Gasteiger partial charge in [0.05, 0.1) is 11.3 Å². The lowest BCUT2D eigenvalue weighted by Gasteiger charge is -2.44. The molecule has 2 aliphatic rings. The zero-order valence-corrected chi connectivity index (χ0v) is 22.5. The lowest BCUT2D eigenvalue weighted by Crippen LogP contribution is -2.55. The number of benzene rings is 1. The molecule has 2 amide bonds. The standard InChI is InChI=1S/C26H40N4O4S/c1-18-7-10-20(11-8-18)35(33,34)30-14-13-27-24(32)21(30)15-23(31)29-22-12-9-19(16-26(22,5)6)28-17-25(2,3)4/h7-8,10-11,13-14,19,21-22,28H,9,12,15-17H2,1-6H3,(H,27,32)(H,29,31)/t19-,21-,22-/m1/s1. The maximum absolute atomic E-state index is 13.3. The van der Waals surface area contributed by atoms with Gasteiger partial charge >= 0.3 is 0 Å². The van der Waals surface area contributed by atoms with E-state index < -0.39 is 22.0 Å². The van der Waals surface area contributed by atoms with Crippen LogP contribution in [0.25, 0.3) is 0 Å². The largest absolute Gasteiger partial charge is 0.353 e. The maximum Gasteiger partial charge on any atom is 0.264 e. The normalized spacial score (nSPS) is 24.7. The molecular formula is C26H40N4O4S. The van der Waals surface area contributed by atoms with Crippen molar-refractivity contribution in [2.75, 3.05) is 6.54 Å². The molecule has 8 nitrogen and oxygen atoms in total. The van der Waals surface area contributed by atoms with Gasteiger partial charge in [0.25, 0.3) is 10.0 Å². The molecule has 35 heavy (non-hydrogen) atoms. The second-order valence-electron chi connectivity index (χ2n) is 11.7. The third kappa shape index (κ3) is 6.85. The first kappa shape index (κ1) is 27.2. The van der Waals surface area contributed by atoms with Crippen LogP contribution < -0.4 is 16.0 Å². The topological polar surface area (TPSA) is 108 Å². The molecule has 9 heteroatoms. The number of nitrogens with zero attached hydrogens (tertiary/aromatic N) is 1. The molecule has 1 aliphatic heterocycles. The van der Waals surface area contributed by atoms with E-state index in [0.29, 0.717) is 6.04 Å². The van der Waals surface area contributed by atoms with Gasteiger partial charge in [-0.15, -0.1) is 0 Å². The lowest BCUT2D eigenvalue weighted by molar-refractivity contribution is -0.130. The average Bonchev–Trinajstić information content (AvgIpc) is 2.75. The molecule has 1 heterocycles. The Morgan fingerprint density at radius 3 is 2.43 bits per heavy atom. The van der Waals surface area contributed by atoms with Crippen molar-refractivity contribution in [2.24, 2.45) is 10.8 Å². The molecule has 194 valence electrons. The minimum atomic E-state index is -3.99. The molecule has 0 aromatic heterocycles. The van der Waals surface area contributed by atoms with E-state index in [1.54, 1.807) is 12.1 Å². The van der Waals surface area contributed by atoms with E-state index in [1.807, 2.05) is 6.92 Å². The summed E-state index contributed by atoms with van der Waals surface area (Å²) in [5.74, 6) is -0.851. The highest BCUT2D eigenvalue weighted by atomic mass is 32.2. The summed E-state index contributed by atoms with van der Waals surface area (Å²) in [6.07, 6.45) is 5.05. The van der Waals surface area contributed by atoms with Gasteiger partial charge in [-0.2, -0.15) is 0 Å². The summed E-state index contributed by atoms with van der Waals surface area (Å²) in [6.45, 7) is 13.7. The summed E-state index contributed by atoms with van der Waals surface area (Å²) < 4.78 is 27.5. The Labute approximate surface area is 210 Å². The number of rotatable bonds is 7. The number of sulfonamides is 1. The Balaban J connectivity index is 1.67. The summed E-state index contributed by atoms with van der Waals surface area (Å²) in [7, 11) is -3.99. The van der Waals surface area contributed by atoms with Gasteiger partial charge < -0.3 is 16.0 Å². The van der Waals surface area contributed by atoms with Crippen LogP contribution in [0.5, 0.6) is 0 Å². The van der Waals surface area contributed by atoms with Crippen molar-refractivity contribution in [3.63, 3.8) is 0 Å². The van der Waals surface area contributed by atoms with Crippen molar-refractivity contribution in [1.82, 2.24) is 20.3 Å². The molecule has 1 aromatic rings. The molecule has 1 aliphatic carbocycles. The van der Waals surface area contributed by atoms with Crippen molar-refractivity contribution in [1.29, 1.82) is 0 Å². The highest BCUT2D eigenvalue weighted by molar-refractivity contribution is 7.89. The second-order valence-corrected chi connectivity index (χ2v) is 13.6. The number of carbonyl (C=O) groups excluding carboxylic acids is 2. The van der Waals surface area contributed by atoms with Crippen LogP contribution in [0.2, 0.25) is 0 Å². The summed E-state index contributed by atoms with van der Waals surface area (Å²) in [4.78, 5) is 25.8. The molecule has 3 rings (SSSR count). The number of hydrogen-bond donors (Lipinski definition) is 3. The van der Waals surface area contributed by atoms with E-state index in [2.05, 4.69) is 50.6 Å². The molecule has 3 N–H and O–H groups in total. The minimum Gasteiger partial charge on any atom is -0.353 e. The van der Waals surface area contributed by atoms with E-state index in [0.717, 1.165) is 35.7 Å². The van der Waals surface area contributed by atoms with E-state index in [-0.39, 0.29) is 34.1 Å². The van der Waals surface area contributed by atoms with Crippen LogP contribution in [-0.4, -0.2) is 49.2 Å². The van der Waals surface area contributed by atoms with Gasteiger partial charge in [-0.25, -0.2) is 8.42 Å². The van der Waals surface area contributed by atoms with Crippen molar-refractivity contribution in [2.45, 2.75) is 90.2 Å². The Kier molecular flexibility index (Phi) is 8.01. The summed E-state index contributed by atoms with van der Waals surface area (Å²) in [5, 5.41) is 9.29. The zero-order chi connectivity index (χ0) is 26.0. The Morgan fingerprint density at radius 2 is 1.83 bits per heavy atom. The predicted octanol–water partition coefficient (Wildman–Crippen LogP) is 3.04. The zero-order valence-electron chi connectivity index (χ0n) is 21.7. The first-order valence-corrected chi connectivity index (χ1v) is 13.7. The third-order valence-electron chi connectivity index (χ3n) is 6.81. The van der Waals surface area contributed by atoms with Gasteiger partial charge in [-0.05, 0) is 49.1 Å². The molecule has 0 radical (unpaired) electrons. The van der Waals surface area contributed by atoms with Gasteiger partial charge in [0.2, 0.25) is 11.8 Å². The van der Waals surface area contributed by atoms with Crippen LogP contribution in [0.1, 0.15) is 65.9 Å². The highest BCUT2D eigenvalue weighted by Gasteiger charge is 2.40. The minimum absolute atomic E-state index is 0.0490. The van der Waals surface area contributed by atoms with Crippen molar-refractivity contribution in [3.8, 4) is 0 Å². The maximum atomic E-state index is 13.3. The first-order valence-electron chi connectivity index (χ1n) is 12.3. The Morgan fingerprint density at radius 1 is 1.17 bits per heavy atom. The molecule has 1 fully saturated rings. The van der Waals surface area contributed by atoms with Gasteiger partial charge in [0.15, 0.2) is 0 Å². The summed E-state index contributed by atoms with van der Waals surface area (Å²) in [6, 6.07) is 5.62. The monoisotopic (exact) mass is 504 g/mol. The van der Waals surface area contributed by atoms with Crippen LogP contribution in [-0.2, 0) is 19.6 Å². The predicted molar refractivity (Wildman–Crippen MR) is 137 cm³/mol. The first-order chi connectivity index (χ1) is 16.2. The highest BCUT2D eigenvalue weighted by Crippen LogP contribution is 2.36. The Hall–Kier alpha value is -2.39. The Bertz CT molecular complexity index is 1060. The van der Waals surface area contributed by atoms with Crippen molar-refractivity contribution < 1.29 is 18.0 Å². The number of nitrogens with one attached hydrogen (secondary N) is 3. The molecule has 0 unspecified atom stereocenters. The van der Waals surface area contributed by atoms with E-state index in [1.165, 1.54) is 24.5 Å². The molecule has 0 spiro atoms. The smallest absolute Gasteiger partial charge is 0.264 e. The third-order valence-corrected chi connectivity index (χ3v) is 8.61. The fourth-order valence-electron chi connectivity index (χ4n) is 4.73. The molecule has 1 aromatic carbocycles. The van der Waals surface area contributed by atoms with E-state index in [9.17, 15) is 18.0 Å². The van der Waals surface area contributed by atoms with Crippen LogP contribution in [0.4, 0.5) is 0 Å². The summed E-state index contributed by atoms with van der Waals surface area (Å²) >= 11 is 0. The number of carbonyl (C=O) groups is 2. The van der Waals surface area contributed by atoms with Gasteiger partial charge in [0.1, 0.15) is 6.04 Å². The number of amides is 2. The molecule has 0 bridgehead atoms. The van der Waals surface area contributed by atoms with Gasteiger partial charge in [-0.3, -0.25) is 13.9 Å². The molecule has 1 saturated carbocycles. The fourth-order valence-corrected chi connectivity index (χ4v) is 6.18. The molecule has 0 saturated heterocycles. The van der Waals surface area contributed by atoms with Gasteiger partial charge in [-0.1, -0.05) is 52.3 Å². The average molecular weight is 505 g/mol. The fraction of sp³-hybridized carbons (Fsp3) is 0.615. The van der Waals surface area contributed by atoms with Crippen LogP contribution in [0.3, 0.4) is 0 Å². The number of hydrogen-bond acceptors (Lipinski definition) is 5. The SMILES string of the molecule is Cc1ccc(S(=O)(=O)N2C=CNC(=O)[C@H]2CC(=O)N[C@@H]2CC[C@@H](NCC(C)(C)C)CC2(C)C)cc1.